The van der Waals surface area contributed by atoms with Crippen molar-refractivity contribution >= 4 is 18.4 Å². The van der Waals surface area contributed by atoms with Gasteiger partial charge in [-0.05, 0) is 56.6 Å². The number of ether oxygens (including phenoxy) is 1. The van der Waals surface area contributed by atoms with Gasteiger partial charge in [0.05, 0.1) is 12.7 Å². The monoisotopic (exact) mass is 312 g/mol. The molecule has 1 unspecified atom stereocenters. The van der Waals surface area contributed by atoms with Gasteiger partial charge in [-0.2, -0.15) is 0 Å². The fraction of sp³-hybridized carbons (Fsp3) is 0.562. The van der Waals surface area contributed by atoms with Crippen molar-refractivity contribution in [2.75, 3.05) is 33.8 Å². The normalized spacial score (nSPS) is 18.9. The van der Waals surface area contributed by atoms with Gasteiger partial charge in [-0.1, -0.05) is 12.1 Å². The summed E-state index contributed by atoms with van der Waals surface area (Å²) in [6.45, 7) is 4.37. The highest BCUT2D eigenvalue weighted by Gasteiger charge is 2.19. The first-order valence-corrected chi connectivity index (χ1v) is 7.27. The molecule has 0 saturated carbocycles. The molecule has 2 rings (SSSR count). The average Bonchev–Trinajstić information content (AvgIpc) is 2.48. The number of piperidine rings is 1. The number of halogens is 1. The molecule has 0 spiro atoms. The zero-order valence-corrected chi connectivity index (χ0v) is 13.6. The highest BCUT2D eigenvalue weighted by molar-refractivity contribution is 5.89. The number of hydrogen-bond acceptors (Lipinski definition) is 4. The maximum Gasteiger partial charge on any atom is 0.337 e. The van der Waals surface area contributed by atoms with Crippen LogP contribution in [0.5, 0.6) is 0 Å². The van der Waals surface area contributed by atoms with E-state index < -0.39 is 0 Å². The minimum absolute atomic E-state index is 0. The molecule has 5 heteroatoms. The second-order valence-corrected chi connectivity index (χ2v) is 5.49. The van der Waals surface area contributed by atoms with Crippen molar-refractivity contribution in [1.29, 1.82) is 0 Å². The number of likely N-dealkylation sites (tertiary alicyclic amines) is 1. The predicted molar refractivity (Wildman–Crippen MR) is 87.0 cm³/mol. The molecule has 118 valence electrons. The van der Waals surface area contributed by atoms with E-state index >= 15 is 0 Å². The van der Waals surface area contributed by atoms with Gasteiger partial charge >= 0.3 is 5.97 Å². The van der Waals surface area contributed by atoms with E-state index in [-0.39, 0.29) is 18.4 Å². The molecule has 1 heterocycles. The second-order valence-electron chi connectivity index (χ2n) is 5.49. The Morgan fingerprint density at radius 2 is 2.10 bits per heavy atom. The van der Waals surface area contributed by atoms with E-state index in [0.29, 0.717) is 5.56 Å². The number of rotatable bonds is 5. The van der Waals surface area contributed by atoms with E-state index in [4.69, 9.17) is 4.74 Å². The van der Waals surface area contributed by atoms with Crippen molar-refractivity contribution in [3.8, 4) is 0 Å². The van der Waals surface area contributed by atoms with Crippen LogP contribution in [-0.2, 0) is 11.3 Å². The summed E-state index contributed by atoms with van der Waals surface area (Å²) in [4.78, 5) is 13.9. The van der Waals surface area contributed by atoms with Crippen LogP contribution in [0.1, 0.15) is 28.8 Å². The van der Waals surface area contributed by atoms with Gasteiger partial charge in [0.1, 0.15) is 0 Å². The molecule has 0 aliphatic carbocycles. The molecule has 0 bridgehead atoms. The Hall–Kier alpha value is -1.10. The summed E-state index contributed by atoms with van der Waals surface area (Å²) in [6, 6.07) is 7.73. The molecule has 1 aromatic rings. The zero-order valence-electron chi connectivity index (χ0n) is 12.8. The summed E-state index contributed by atoms with van der Waals surface area (Å²) in [5.41, 5.74) is 1.87. The zero-order chi connectivity index (χ0) is 14.4. The first kappa shape index (κ1) is 18.0. The Morgan fingerprint density at radius 3 is 2.71 bits per heavy atom. The van der Waals surface area contributed by atoms with Gasteiger partial charge < -0.3 is 10.1 Å². The molecule has 1 aliphatic heterocycles. The molecule has 1 fully saturated rings. The number of nitrogens with zero attached hydrogens (tertiary/aromatic N) is 1. The van der Waals surface area contributed by atoms with E-state index in [2.05, 4.69) is 10.2 Å². The number of benzene rings is 1. The lowest BCUT2D eigenvalue weighted by atomic mass is 9.97. The molecule has 1 aliphatic rings. The van der Waals surface area contributed by atoms with Gasteiger partial charge in [0.15, 0.2) is 0 Å². The topological polar surface area (TPSA) is 41.6 Å². The van der Waals surface area contributed by atoms with Crippen molar-refractivity contribution in [1.82, 2.24) is 10.2 Å². The fourth-order valence-electron chi connectivity index (χ4n) is 2.87. The van der Waals surface area contributed by atoms with Crippen molar-refractivity contribution in [3.63, 3.8) is 0 Å². The van der Waals surface area contributed by atoms with Crippen LogP contribution in [-0.4, -0.2) is 44.7 Å². The number of carbonyl (C=O) groups excluding carboxylic acids is 1. The molecule has 1 saturated heterocycles. The second kappa shape index (κ2) is 9.03. The number of carbonyl (C=O) groups is 1. The van der Waals surface area contributed by atoms with Crippen molar-refractivity contribution in [2.45, 2.75) is 19.4 Å². The van der Waals surface area contributed by atoms with Crippen molar-refractivity contribution in [2.24, 2.45) is 5.92 Å². The van der Waals surface area contributed by atoms with Gasteiger partial charge in [0.2, 0.25) is 0 Å². The standard InChI is InChI=1S/C16H24N2O2.ClH/c1-17-10-14-4-3-9-18(12-14)11-13-5-7-15(8-6-13)16(19)20-2;/h5-8,14,17H,3-4,9-12H2,1-2H3;1H. The number of methoxy groups -OCH3 is 1. The van der Waals surface area contributed by atoms with Crippen molar-refractivity contribution < 1.29 is 9.53 Å². The summed E-state index contributed by atoms with van der Waals surface area (Å²) in [7, 11) is 3.43. The highest BCUT2D eigenvalue weighted by atomic mass is 35.5. The first-order chi connectivity index (χ1) is 9.72. The van der Waals surface area contributed by atoms with E-state index in [0.717, 1.165) is 25.6 Å². The van der Waals surface area contributed by atoms with E-state index in [1.165, 1.54) is 32.1 Å². The van der Waals surface area contributed by atoms with Crippen LogP contribution in [0.15, 0.2) is 24.3 Å². The van der Waals surface area contributed by atoms with Crippen LogP contribution in [0, 0.1) is 5.92 Å². The average molecular weight is 313 g/mol. The summed E-state index contributed by atoms with van der Waals surface area (Å²) >= 11 is 0. The molecule has 4 nitrogen and oxygen atoms in total. The minimum Gasteiger partial charge on any atom is -0.465 e. The minimum atomic E-state index is -0.274. The Labute approximate surface area is 133 Å². The molecule has 1 aromatic carbocycles. The van der Waals surface area contributed by atoms with E-state index in [1.54, 1.807) is 0 Å². The lowest BCUT2D eigenvalue weighted by Gasteiger charge is -2.32. The van der Waals surface area contributed by atoms with Gasteiger partial charge in [-0.25, -0.2) is 4.79 Å². The molecule has 0 radical (unpaired) electrons. The summed E-state index contributed by atoms with van der Waals surface area (Å²) < 4.78 is 4.71. The van der Waals surface area contributed by atoms with Crippen LogP contribution in [0.4, 0.5) is 0 Å². The third kappa shape index (κ3) is 5.30. The quantitative estimate of drug-likeness (QED) is 0.847. The lowest BCUT2D eigenvalue weighted by Crippen LogP contribution is -2.38. The van der Waals surface area contributed by atoms with Crippen LogP contribution >= 0.6 is 12.4 Å². The largest absolute Gasteiger partial charge is 0.465 e. The van der Waals surface area contributed by atoms with Crippen LogP contribution in [0.3, 0.4) is 0 Å². The maximum atomic E-state index is 11.4. The molecule has 21 heavy (non-hydrogen) atoms. The van der Waals surface area contributed by atoms with Crippen molar-refractivity contribution in [3.05, 3.63) is 35.4 Å². The smallest absolute Gasteiger partial charge is 0.337 e. The highest BCUT2D eigenvalue weighted by Crippen LogP contribution is 2.18. The SMILES string of the molecule is CNCC1CCCN(Cc2ccc(C(=O)OC)cc2)C1.Cl. The van der Waals surface area contributed by atoms with Gasteiger partial charge in [0, 0.05) is 13.1 Å². The van der Waals surface area contributed by atoms with Crippen LogP contribution in [0.2, 0.25) is 0 Å². The number of nitrogens with one attached hydrogen (secondary N) is 1. The predicted octanol–water partition coefficient (Wildman–Crippen LogP) is 2.33. The molecule has 1 N–H and O–H groups in total. The molecular weight excluding hydrogens is 288 g/mol. The van der Waals surface area contributed by atoms with Gasteiger partial charge in [-0.3, -0.25) is 4.90 Å². The summed E-state index contributed by atoms with van der Waals surface area (Å²) in [6.07, 6.45) is 2.59. The number of hydrogen-bond donors (Lipinski definition) is 1. The maximum absolute atomic E-state index is 11.4. The number of esters is 1. The molecular formula is C16H25ClN2O2. The third-order valence-corrected chi connectivity index (χ3v) is 3.88. The lowest BCUT2D eigenvalue weighted by molar-refractivity contribution is 0.0600. The van der Waals surface area contributed by atoms with Gasteiger partial charge in [-0.15, -0.1) is 12.4 Å². The molecule has 1 atom stereocenters. The Bertz CT molecular complexity index is 434. The fourth-order valence-corrected chi connectivity index (χ4v) is 2.87. The first-order valence-electron chi connectivity index (χ1n) is 7.27. The van der Waals surface area contributed by atoms with E-state index in [1.807, 2.05) is 31.3 Å². The van der Waals surface area contributed by atoms with Crippen LogP contribution < -0.4 is 5.32 Å². The summed E-state index contributed by atoms with van der Waals surface area (Å²) in [5.74, 6) is 0.478. The summed E-state index contributed by atoms with van der Waals surface area (Å²) in [5, 5.41) is 3.27. The Balaban J connectivity index is 0.00000220. The van der Waals surface area contributed by atoms with E-state index in [9.17, 15) is 4.79 Å². The Morgan fingerprint density at radius 1 is 1.38 bits per heavy atom. The van der Waals surface area contributed by atoms with Crippen LogP contribution in [0.25, 0.3) is 0 Å². The third-order valence-electron chi connectivity index (χ3n) is 3.88. The molecule has 0 amide bonds. The molecule has 0 aromatic heterocycles. The van der Waals surface area contributed by atoms with Gasteiger partial charge in [0.25, 0.3) is 0 Å². The Kier molecular flexibility index (Phi) is 7.72.